The number of carbonyl (C=O) groups is 1. The minimum atomic E-state index is -4.67. The number of anilines is 1. The van der Waals surface area contributed by atoms with Gasteiger partial charge in [-0.2, -0.15) is 13.2 Å². The van der Waals surface area contributed by atoms with E-state index in [-0.39, 0.29) is 36.5 Å². The lowest BCUT2D eigenvalue weighted by Crippen LogP contribution is -2.49. The summed E-state index contributed by atoms with van der Waals surface area (Å²) in [5.74, 6) is -0.0154. The molecule has 0 aliphatic carbocycles. The van der Waals surface area contributed by atoms with Crippen LogP contribution in [0.5, 0.6) is 0 Å². The van der Waals surface area contributed by atoms with Crippen LogP contribution in [0.4, 0.5) is 18.9 Å². The molecule has 1 aliphatic heterocycles. The average Bonchev–Trinajstić information content (AvgIpc) is 3.29. The third-order valence-corrected chi connectivity index (χ3v) is 8.27. The average molecular weight is 608 g/mol. The number of piperazine rings is 1. The molecule has 8 nitrogen and oxygen atoms in total. The fourth-order valence-corrected chi connectivity index (χ4v) is 5.68. The monoisotopic (exact) mass is 607 g/mol. The van der Waals surface area contributed by atoms with Crippen molar-refractivity contribution in [1.82, 2.24) is 19.0 Å². The summed E-state index contributed by atoms with van der Waals surface area (Å²) in [7, 11) is 3.21. The second-order valence-corrected chi connectivity index (χ2v) is 10.9. The van der Waals surface area contributed by atoms with Crippen molar-refractivity contribution in [2.75, 3.05) is 38.2 Å². The van der Waals surface area contributed by atoms with Crippen molar-refractivity contribution in [3.63, 3.8) is 0 Å². The molecule has 232 valence electrons. The van der Waals surface area contributed by atoms with Crippen LogP contribution in [-0.4, -0.2) is 64.3 Å². The predicted molar refractivity (Wildman–Crippen MR) is 167 cm³/mol. The van der Waals surface area contributed by atoms with Gasteiger partial charge in [-0.15, -0.1) is 0 Å². The van der Waals surface area contributed by atoms with Gasteiger partial charge in [0.2, 0.25) is 5.91 Å². The van der Waals surface area contributed by atoms with Crippen LogP contribution in [0.25, 0.3) is 33.2 Å². The fraction of sp³-hybridized carbons (Fsp3) is 0.364. The molecule has 1 amide bonds. The molecule has 3 heterocycles. The van der Waals surface area contributed by atoms with Crippen molar-refractivity contribution in [2.24, 2.45) is 7.05 Å². The second kappa shape index (κ2) is 12.3. The summed E-state index contributed by atoms with van der Waals surface area (Å²) < 4.78 is 51.7. The minimum Gasteiger partial charge on any atom is -0.378 e. The number of aryl methyl sites for hydroxylation is 1. The number of rotatable bonds is 7. The van der Waals surface area contributed by atoms with Gasteiger partial charge in [0.1, 0.15) is 0 Å². The van der Waals surface area contributed by atoms with Crippen molar-refractivity contribution < 1.29 is 22.7 Å². The van der Waals surface area contributed by atoms with Crippen molar-refractivity contribution in [2.45, 2.75) is 39.5 Å². The van der Waals surface area contributed by atoms with E-state index in [2.05, 4.69) is 4.98 Å². The molecule has 0 unspecified atom stereocenters. The fourth-order valence-electron chi connectivity index (χ4n) is 5.68. The highest BCUT2D eigenvalue weighted by molar-refractivity contribution is 6.04. The summed E-state index contributed by atoms with van der Waals surface area (Å²) in [6.45, 7) is 6.88. The maximum absolute atomic E-state index is 14.6. The SMILES string of the molecule is C/C=C(\C=C/[C@@H](C)OC)c1ccc2ncc3c(c2c1)n(-c1ccc(N2CCN(C(=O)CC)CC2)c(C(F)(F)F)c1)c(=O)n3C. The molecule has 0 N–H and O–H groups in total. The van der Waals surface area contributed by atoms with Crippen molar-refractivity contribution in [3.8, 4) is 5.69 Å². The van der Waals surface area contributed by atoms with Crippen LogP contribution in [0.2, 0.25) is 0 Å². The molecule has 11 heteroatoms. The first-order valence-electron chi connectivity index (χ1n) is 14.6. The summed E-state index contributed by atoms with van der Waals surface area (Å²) in [4.78, 5) is 33.6. The first-order valence-corrected chi connectivity index (χ1v) is 14.6. The number of aromatic nitrogens is 3. The van der Waals surface area contributed by atoms with E-state index in [1.165, 1.54) is 15.2 Å². The van der Waals surface area contributed by atoms with Gasteiger partial charge >= 0.3 is 11.9 Å². The number of pyridine rings is 1. The summed E-state index contributed by atoms with van der Waals surface area (Å²) in [6, 6.07) is 9.70. The van der Waals surface area contributed by atoms with Gasteiger partial charge in [-0.05, 0) is 55.3 Å². The highest BCUT2D eigenvalue weighted by atomic mass is 19.4. The Morgan fingerprint density at radius 3 is 2.48 bits per heavy atom. The van der Waals surface area contributed by atoms with Gasteiger partial charge < -0.3 is 14.5 Å². The van der Waals surface area contributed by atoms with Crippen LogP contribution < -0.4 is 10.6 Å². The molecule has 1 fully saturated rings. The molecule has 5 rings (SSSR count). The van der Waals surface area contributed by atoms with E-state index in [9.17, 15) is 22.8 Å². The van der Waals surface area contributed by atoms with Gasteiger partial charge in [0.25, 0.3) is 0 Å². The van der Waals surface area contributed by atoms with Crippen molar-refractivity contribution in [3.05, 3.63) is 82.4 Å². The van der Waals surface area contributed by atoms with Crippen LogP contribution in [0, 0.1) is 0 Å². The van der Waals surface area contributed by atoms with E-state index in [1.54, 1.807) is 43.1 Å². The Labute approximate surface area is 253 Å². The van der Waals surface area contributed by atoms with E-state index in [0.29, 0.717) is 41.4 Å². The second-order valence-electron chi connectivity index (χ2n) is 10.9. The highest BCUT2D eigenvalue weighted by Crippen LogP contribution is 2.39. The topological polar surface area (TPSA) is 72.6 Å². The number of carbonyl (C=O) groups excluding carboxylic acids is 1. The molecule has 2 aromatic carbocycles. The summed E-state index contributed by atoms with van der Waals surface area (Å²) in [5.41, 5.74) is 2.19. The molecule has 0 spiro atoms. The lowest BCUT2D eigenvalue weighted by atomic mass is 10.0. The lowest BCUT2D eigenvalue weighted by Gasteiger charge is -2.37. The molecular weight excluding hydrogens is 571 g/mol. The van der Waals surface area contributed by atoms with Crippen LogP contribution >= 0.6 is 0 Å². The normalized spacial score (nSPS) is 15.6. The Kier molecular flexibility index (Phi) is 8.69. The number of ether oxygens (including phenoxy) is 1. The first kappa shape index (κ1) is 31.1. The summed E-state index contributed by atoms with van der Waals surface area (Å²) >= 11 is 0. The van der Waals surface area contributed by atoms with Gasteiger partial charge in [0.05, 0.1) is 40.1 Å². The van der Waals surface area contributed by atoms with Crippen molar-refractivity contribution >= 4 is 39.1 Å². The number of halogens is 3. The number of hydrogen-bond donors (Lipinski definition) is 0. The molecule has 0 saturated carbocycles. The van der Waals surface area contributed by atoms with Gasteiger partial charge in [-0.1, -0.05) is 31.2 Å². The van der Waals surface area contributed by atoms with Gasteiger partial charge in [-0.3, -0.25) is 18.9 Å². The predicted octanol–water partition coefficient (Wildman–Crippen LogP) is 5.95. The van der Waals surface area contributed by atoms with E-state index in [0.717, 1.165) is 17.2 Å². The number of nitrogens with zero attached hydrogens (tertiary/aromatic N) is 5. The Morgan fingerprint density at radius 2 is 1.84 bits per heavy atom. The molecule has 1 saturated heterocycles. The summed E-state index contributed by atoms with van der Waals surface area (Å²) in [5, 5.41) is 0.639. The third-order valence-electron chi connectivity index (χ3n) is 8.27. The number of alkyl halides is 3. The zero-order chi connectivity index (χ0) is 31.8. The first-order chi connectivity index (χ1) is 21.0. The number of amides is 1. The molecule has 0 radical (unpaired) electrons. The minimum absolute atomic E-state index is 0.0154. The van der Waals surface area contributed by atoms with E-state index >= 15 is 0 Å². The molecule has 44 heavy (non-hydrogen) atoms. The van der Waals surface area contributed by atoms with E-state index < -0.39 is 17.4 Å². The zero-order valence-electron chi connectivity index (χ0n) is 25.5. The Morgan fingerprint density at radius 1 is 1.11 bits per heavy atom. The van der Waals surface area contributed by atoms with Crippen molar-refractivity contribution in [1.29, 1.82) is 0 Å². The van der Waals surface area contributed by atoms with Crippen LogP contribution in [0.1, 0.15) is 38.3 Å². The maximum atomic E-state index is 14.6. The number of allylic oxidation sites excluding steroid dienone is 3. The van der Waals surface area contributed by atoms with Crippen LogP contribution in [-0.2, 0) is 22.8 Å². The smallest absolute Gasteiger partial charge is 0.378 e. The van der Waals surface area contributed by atoms with E-state index in [1.807, 2.05) is 50.3 Å². The number of imidazole rings is 1. The number of hydrogen-bond acceptors (Lipinski definition) is 5. The van der Waals surface area contributed by atoms with Crippen LogP contribution in [0.3, 0.4) is 0 Å². The Hall–Kier alpha value is -4.38. The standard InChI is InChI=1S/C33H36F3N5O3/c1-6-22(9-8-21(3)44-5)23-10-12-27-25(18-23)31-29(20-37-27)38(4)32(43)41(31)24-11-13-28(26(19-24)33(34,35)36)39-14-16-40(17-15-39)30(42)7-2/h6,8-13,18-21H,7,14-17H2,1-5H3/b9-8-,22-6+/t21-/m1/s1. The lowest BCUT2D eigenvalue weighted by molar-refractivity contribution is -0.137. The quantitative estimate of drug-likeness (QED) is 0.243. The molecule has 1 atom stereocenters. The largest absolute Gasteiger partial charge is 0.418 e. The number of benzene rings is 2. The van der Waals surface area contributed by atoms with Gasteiger partial charge in [-0.25, -0.2) is 4.79 Å². The summed E-state index contributed by atoms with van der Waals surface area (Å²) in [6.07, 6.45) is 3.00. The van der Waals surface area contributed by atoms with E-state index in [4.69, 9.17) is 4.74 Å². The Balaban J connectivity index is 1.65. The molecular formula is C33H36F3N5O3. The van der Waals surface area contributed by atoms with Crippen LogP contribution in [0.15, 0.2) is 65.6 Å². The number of methoxy groups -OCH3 is 1. The molecule has 4 aromatic rings. The number of fused-ring (bicyclic) bond motifs is 3. The molecule has 0 bridgehead atoms. The van der Waals surface area contributed by atoms with Gasteiger partial charge in [0.15, 0.2) is 0 Å². The molecule has 1 aliphatic rings. The maximum Gasteiger partial charge on any atom is 0.418 e. The zero-order valence-corrected chi connectivity index (χ0v) is 25.5. The van der Waals surface area contributed by atoms with Gasteiger partial charge in [0, 0.05) is 57.8 Å². The molecule has 2 aromatic heterocycles. The highest BCUT2D eigenvalue weighted by Gasteiger charge is 2.36. The Bertz CT molecular complexity index is 1830. The third kappa shape index (κ3) is 5.76.